The molecule has 2 aromatic rings. The fourth-order valence-corrected chi connectivity index (χ4v) is 4.39. The number of fused-ring (bicyclic) bond motifs is 1. The minimum Gasteiger partial charge on any atom is -0.314 e. The lowest BCUT2D eigenvalue weighted by molar-refractivity contribution is 0.486. The summed E-state index contributed by atoms with van der Waals surface area (Å²) in [6, 6.07) is 9.13. The minimum atomic E-state index is 0.737. The molecule has 1 saturated heterocycles. The van der Waals surface area contributed by atoms with Crippen molar-refractivity contribution >= 4 is 33.3 Å². The predicted octanol–water partition coefficient (Wildman–Crippen LogP) is 3.32. The Morgan fingerprint density at radius 3 is 2.89 bits per heavy atom. The van der Waals surface area contributed by atoms with Crippen LogP contribution in [0.15, 0.2) is 24.3 Å². The number of nitrogens with zero attached hydrogens (tertiary/aromatic N) is 1. The first-order valence-corrected chi connectivity index (χ1v) is 8.54. The second-order valence-corrected chi connectivity index (χ2v) is 7.01. The molecular weight excluding hydrogens is 260 g/mol. The molecule has 2 heterocycles. The fraction of sp³-hybridized carbons (Fsp3) is 0.500. The monoisotopic (exact) mass is 278 g/mol. The molecule has 0 aliphatic carbocycles. The summed E-state index contributed by atoms with van der Waals surface area (Å²) in [5.74, 6) is 2.64. The lowest BCUT2D eigenvalue weighted by Crippen LogP contribution is -2.33. The Hall–Kier alpha value is -0.580. The number of nitrogens with one attached hydrogen (secondary N) is 1. The zero-order chi connectivity index (χ0) is 12.2. The van der Waals surface area contributed by atoms with Crippen molar-refractivity contribution in [3.8, 4) is 0 Å². The van der Waals surface area contributed by atoms with Crippen LogP contribution in [0, 0.1) is 0 Å². The lowest BCUT2D eigenvalue weighted by Gasteiger charge is -2.22. The van der Waals surface area contributed by atoms with Gasteiger partial charge in [0.1, 0.15) is 0 Å². The van der Waals surface area contributed by atoms with Crippen LogP contribution in [0.5, 0.6) is 0 Å². The summed E-state index contributed by atoms with van der Waals surface area (Å²) in [5.41, 5.74) is 1.14. The maximum atomic E-state index is 4.67. The molecular formula is C14H18N2S2. The van der Waals surface area contributed by atoms with E-state index in [9.17, 15) is 0 Å². The highest BCUT2D eigenvalue weighted by atomic mass is 32.2. The number of hydrogen-bond acceptors (Lipinski definition) is 4. The van der Waals surface area contributed by atoms with E-state index in [0.29, 0.717) is 0 Å². The van der Waals surface area contributed by atoms with Crippen LogP contribution in [-0.4, -0.2) is 29.1 Å². The van der Waals surface area contributed by atoms with Crippen LogP contribution in [-0.2, 0) is 6.42 Å². The second-order valence-electron chi connectivity index (χ2n) is 4.67. The molecule has 0 bridgehead atoms. The van der Waals surface area contributed by atoms with Crippen LogP contribution in [0.2, 0.25) is 0 Å². The molecule has 96 valence electrons. The van der Waals surface area contributed by atoms with Crippen LogP contribution < -0.4 is 5.32 Å². The minimum absolute atomic E-state index is 0.737. The van der Waals surface area contributed by atoms with Gasteiger partial charge in [-0.1, -0.05) is 12.1 Å². The highest BCUT2D eigenvalue weighted by Crippen LogP contribution is 2.22. The molecule has 0 atom stereocenters. The second kappa shape index (κ2) is 6.04. The summed E-state index contributed by atoms with van der Waals surface area (Å²) in [6.45, 7) is 1.06. The molecule has 2 nitrogen and oxygen atoms in total. The first kappa shape index (κ1) is 12.5. The predicted molar refractivity (Wildman–Crippen MR) is 81.7 cm³/mol. The first-order chi connectivity index (χ1) is 8.92. The number of aromatic nitrogens is 1. The molecule has 0 radical (unpaired) electrons. The Morgan fingerprint density at radius 2 is 2.06 bits per heavy atom. The number of thiazole rings is 1. The van der Waals surface area contributed by atoms with Gasteiger partial charge >= 0.3 is 0 Å². The van der Waals surface area contributed by atoms with Crippen LogP contribution >= 0.6 is 23.1 Å². The Bertz CT molecular complexity index is 470. The van der Waals surface area contributed by atoms with E-state index in [4.69, 9.17) is 0 Å². The molecule has 3 rings (SSSR count). The molecule has 18 heavy (non-hydrogen) atoms. The highest BCUT2D eigenvalue weighted by molar-refractivity contribution is 7.99. The maximum Gasteiger partial charge on any atom is 0.0951 e. The maximum absolute atomic E-state index is 4.67. The van der Waals surface area contributed by atoms with E-state index in [-0.39, 0.29) is 0 Å². The molecule has 1 fully saturated rings. The first-order valence-electron chi connectivity index (χ1n) is 6.57. The average molecular weight is 278 g/mol. The summed E-state index contributed by atoms with van der Waals surface area (Å²) in [4.78, 5) is 4.67. The van der Waals surface area contributed by atoms with Gasteiger partial charge in [0.05, 0.1) is 15.2 Å². The van der Waals surface area contributed by atoms with Crippen molar-refractivity contribution in [2.24, 2.45) is 0 Å². The number of rotatable bonds is 4. The van der Waals surface area contributed by atoms with E-state index >= 15 is 0 Å². The SMILES string of the molecule is c1ccc2sc(CCNC3CCSCC3)nc2c1. The molecule has 4 heteroatoms. The summed E-state index contributed by atoms with van der Waals surface area (Å²) >= 11 is 3.91. The Morgan fingerprint density at radius 1 is 1.22 bits per heavy atom. The Kier molecular flexibility index (Phi) is 4.18. The molecule has 0 saturated carbocycles. The summed E-state index contributed by atoms with van der Waals surface area (Å²) in [5, 5.41) is 4.93. The Balaban J connectivity index is 1.53. The van der Waals surface area contributed by atoms with Gasteiger partial charge in [-0.3, -0.25) is 0 Å². The zero-order valence-electron chi connectivity index (χ0n) is 10.4. The smallest absolute Gasteiger partial charge is 0.0951 e. The van der Waals surface area contributed by atoms with Gasteiger partial charge in [-0.15, -0.1) is 11.3 Å². The van der Waals surface area contributed by atoms with Crippen molar-refractivity contribution in [3.63, 3.8) is 0 Å². The molecule has 1 aromatic heterocycles. The third kappa shape index (κ3) is 3.05. The third-order valence-electron chi connectivity index (χ3n) is 3.33. The average Bonchev–Trinajstić information content (AvgIpc) is 2.82. The van der Waals surface area contributed by atoms with Gasteiger partial charge in [0.25, 0.3) is 0 Å². The van der Waals surface area contributed by atoms with Crippen molar-refractivity contribution in [2.45, 2.75) is 25.3 Å². The van der Waals surface area contributed by atoms with Crippen molar-refractivity contribution in [1.82, 2.24) is 10.3 Å². The Labute approximate surface area is 116 Å². The molecule has 0 spiro atoms. The van der Waals surface area contributed by atoms with Crippen LogP contribution in [0.3, 0.4) is 0 Å². The number of hydrogen-bond donors (Lipinski definition) is 1. The van der Waals surface area contributed by atoms with Gasteiger partial charge in [-0.2, -0.15) is 11.8 Å². The van der Waals surface area contributed by atoms with E-state index < -0.39 is 0 Å². The van der Waals surface area contributed by atoms with Gasteiger partial charge in [0.15, 0.2) is 0 Å². The molecule has 0 amide bonds. The van der Waals surface area contributed by atoms with Gasteiger partial charge in [0.2, 0.25) is 0 Å². The summed E-state index contributed by atoms with van der Waals surface area (Å²) < 4.78 is 1.31. The molecule has 1 N–H and O–H groups in total. The van der Waals surface area contributed by atoms with Crippen molar-refractivity contribution in [3.05, 3.63) is 29.3 Å². The van der Waals surface area contributed by atoms with Gasteiger partial charge in [-0.25, -0.2) is 4.98 Å². The van der Waals surface area contributed by atoms with Crippen LogP contribution in [0.4, 0.5) is 0 Å². The number of para-hydroxylation sites is 1. The molecule has 1 aliphatic heterocycles. The van der Waals surface area contributed by atoms with Crippen molar-refractivity contribution in [2.75, 3.05) is 18.1 Å². The molecule has 1 aromatic carbocycles. The number of thioether (sulfide) groups is 1. The summed E-state index contributed by atoms with van der Waals surface area (Å²) in [6.07, 6.45) is 3.71. The normalized spacial score (nSPS) is 17.3. The van der Waals surface area contributed by atoms with E-state index in [1.165, 1.54) is 34.1 Å². The van der Waals surface area contributed by atoms with Crippen LogP contribution in [0.1, 0.15) is 17.8 Å². The molecule has 1 aliphatic rings. The standard InChI is InChI=1S/C14H18N2S2/c1-2-4-13-12(3-1)16-14(18-13)5-8-15-11-6-9-17-10-7-11/h1-4,11,15H,5-10H2. The van der Waals surface area contributed by atoms with Gasteiger partial charge in [-0.05, 0) is 36.5 Å². The lowest BCUT2D eigenvalue weighted by atomic mass is 10.1. The summed E-state index contributed by atoms with van der Waals surface area (Å²) in [7, 11) is 0. The van der Waals surface area contributed by atoms with E-state index in [2.05, 4.69) is 46.3 Å². The van der Waals surface area contributed by atoms with E-state index in [1.54, 1.807) is 0 Å². The van der Waals surface area contributed by atoms with Crippen LogP contribution in [0.25, 0.3) is 10.2 Å². The fourth-order valence-electron chi connectivity index (χ4n) is 2.31. The topological polar surface area (TPSA) is 24.9 Å². The van der Waals surface area contributed by atoms with Gasteiger partial charge in [0, 0.05) is 19.0 Å². The highest BCUT2D eigenvalue weighted by Gasteiger charge is 2.12. The van der Waals surface area contributed by atoms with E-state index in [1.807, 2.05) is 11.3 Å². The van der Waals surface area contributed by atoms with Crippen molar-refractivity contribution in [1.29, 1.82) is 0 Å². The third-order valence-corrected chi connectivity index (χ3v) is 5.48. The van der Waals surface area contributed by atoms with Crippen molar-refractivity contribution < 1.29 is 0 Å². The quantitative estimate of drug-likeness (QED) is 0.928. The number of benzene rings is 1. The zero-order valence-corrected chi connectivity index (χ0v) is 12.0. The van der Waals surface area contributed by atoms with Gasteiger partial charge < -0.3 is 5.32 Å². The van der Waals surface area contributed by atoms with E-state index in [0.717, 1.165) is 24.5 Å². The molecule has 0 unspecified atom stereocenters. The largest absolute Gasteiger partial charge is 0.314 e.